The Hall–Kier alpha value is -1.22. The second kappa shape index (κ2) is 7.17. The third kappa shape index (κ3) is 5.09. The summed E-state index contributed by atoms with van der Waals surface area (Å²) in [5.41, 5.74) is 8.96. The van der Waals surface area contributed by atoms with E-state index in [0.29, 0.717) is 0 Å². The maximum absolute atomic E-state index is 5.72. The molecule has 0 heterocycles. The molecule has 3 N–H and O–H groups in total. The molecule has 3 heteroatoms. The van der Waals surface area contributed by atoms with Crippen molar-refractivity contribution in [2.24, 2.45) is 0 Å². The molecular formula is C14H25N3. The van der Waals surface area contributed by atoms with Gasteiger partial charge in [0.1, 0.15) is 0 Å². The Balaban J connectivity index is 2.26. The van der Waals surface area contributed by atoms with E-state index in [2.05, 4.69) is 37.2 Å². The summed E-state index contributed by atoms with van der Waals surface area (Å²) >= 11 is 0. The molecule has 0 radical (unpaired) electrons. The van der Waals surface area contributed by atoms with Gasteiger partial charge < -0.3 is 16.0 Å². The van der Waals surface area contributed by atoms with E-state index in [4.69, 9.17) is 5.73 Å². The summed E-state index contributed by atoms with van der Waals surface area (Å²) in [6.45, 7) is 7.64. The summed E-state index contributed by atoms with van der Waals surface area (Å²) in [7, 11) is 2.18. The Morgan fingerprint density at radius 2 is 2.06 bits per heavy atom. The molecule has 96 valence electrons. The van der Waals surface area contributed by atoms with E-state index in [1.807, 2.05) is 12.1 Å². The maximum atomic E-state index is 5.72. The number of nitrogen functional groups attached to an aromatic ring is 1. The van der Waals surface area contributed by atoms with Gasteiger partial charge in [0.05, 0.1) is 0 Å². The van der Waals surface area contributed by atoms with Crippen molar-refractivity contribution < 1.29 is 0 Å². The average Bonchev–Trinajstić information content (AvgIpc) is 2.27. The highest BCUT2D eigenvalue weighted by Crippen LogP contribution is 2.17. The van der Waals surface area contributed by atoms with Gasteiger partial charge in [-0.3, -0.25) is 0 Å². The lowest BCUT2D eigenvalue weighted by Crippen LogP contribution is -2.22. The molecule has 1 aromatic rings. The van der Waals surface area contributed by atoms with Crippen LogP contribution in [0.1, 0.15) is 25.3 Å². The van der Waals surface area contributed by atoms with Gasteiger partial charge in [0.2, 0.25) is 0 Å². The van der Waals surface area contributed by atoms with Gasteiger partial charge in [-0.1, -0.05) is 6.92 Å². The molecule has 0 amide bonds. The molecule has 0 aromatic heterocycles. The molecule has 17 heavy (non-hydrogen) atoms. The van der Waals surface area contributed by atoms with Crippen LogP contribution >= 0.6 is 0 Å². The van der Waals surface area contributed by atoms with E-state index in [-0.39, 0.29) is 0 Å². The van der Waals surface area contributed by atoms with Crippen molar-refractivity contribution in [1.29, 1.82) is 0 Å². The zero-order valence-electron chi connectivity index (χ0n) is 11.3. The molecule has 1 aromatic carbocycles. The lowest BCUT2D eigenvalue weighted by molar-refractivity contribution is 0.333. The van der Waals surface area contributed by atoms with Gasteiger partial charge in [-0.2, -0.15) is 0 Å². The van der Waals surface area contributed by atoms with Gasteiger partial charge in [-0.15, -0.1) is 0 Å². The number of hydrogen-bond acceptors (Lipinski definition) is 3. The fraction of sp³-hybridized carbons (Fsp3) is 0.571. The lowest BCUT2D eigenvalue weighted by Gasteiger charge is -2.16. The van der Waals surface area contributed by atoms with Crippen LogP contribution in [0.5, 0.6) is 0 Å². The summed E-state index contributed by atoms with van der Waals surface area (Å²) in [6.07, 6.45) is 2.39. The molecule has 0 spiro atoms. The second-order valence-electron chi connectivity index (χ2n) is 4.66. The Labute approximate surface area is 105 Å². The first-order valence-electron chi connectivity index (χ1n) is 6.42. The van der Waals surface area contributed by atoms with Crippen LogP contribution in [0, 0.1) is 6.92 Å². The van der Waals surface area contributed by atoms with E-state index in [1.54, 1.807) is 0 Å². The quantitative estimate of drug-likeness (QED) is 0.564. The predicted octanol–water partition coefficient (Wildman–Crippen LogP) is 2.72. The maximum Gasteiger partial charge on any atom is 0.0371 e. The normalized spacial score (nSPS) is 10.8. The third-order valence-electron chi connectivity index (χ3n) is 2.89. The topological polar surface area (TPSA) is 41.3 Å². The fourth-order valence-corrected chi connectivity index (χ4v) is 1.95. The van der Waals surface area contributed by atoms with Crippen molar-refractivity contribution in [3.05, 3.63) is 23.8 Å². The summed E-state index contributed by atoms with van der Waals surface area (Å²) in [5.74, 6) is 0. The molecule has 1 rings (SSSR count). The summed E-state index contributed by atoms with van der Waals surface area (Å²) in [5, 5.41) is 3.46. The molecule has 0 saturated carbocycles. The molecule has 0 saturated heterocycles. The first kappa shape index (κ1) is 13.8. The molecular weight excluding hydrogens is 210 g/mol. The monoisotopic (exact) mass is 235 g/mol. The van der Waals surface area contributed by atoms with Crippen molar-refractivity contribution in [3.8, 4) is 0 Å². The van der Waals surface area contributed by atoms with Gasteiger partial charge in [0.25, 0.3) is 0 Å². The third-order valence-corrected chi connectivity index (χ3v) is 2.89. The Morgan fingerprint density at radius 3 is 2.71 bits per heavy atom. The first-order valence-corrected chi connectivity index (χ1v) is 6.42. The Morgan fingerprint density at radius 1 is 1.29 bits per heavy atom. The summed E-state index contributed by atoms with van der Waals surface area (Å²) in [4.78, 5) is 2.37. The van der Waals surface area contributed by atoms with Crippen LogP contribution in [-0.4, -0.2) is 31.6 Å². The van der Waals surface area contributed by atoms with Crippen LogP contribution in [0.2, 0.25) is 0 Å². The van der Waals surface area contributed by atoms with E-state index in [9.17, 15) is 0 Å². The molecule has 0 aliphatic carbocycles. The standard InChI is InChI=1S/C14H25N3/c1-4-9-17(3)10-5-8-16-14-7-6-13(15)11-12(14)2/h6-7,11,16H,4-5,8-10,15H2,1-3H3. The van der Waals surface area contributed by atoms with Gasteiger partial charge >= 0.3 is 0 Å². The predicted molar refractivity (Wildman–Crippen MR) is 76.5 cm³/mol. The van der Waals surface area contributed by atoms with Crippen LogP contribution in [0.15, 0.2) is 18.2 Å². The summed E-state index contributed by atoms with van der Waals surface area (Å²) < 4.78 is 0. The number of nitrogens with two attached hydrogens (primary N) is 1. The minimum atomic E-state index is 0.829. The Bertz CT molecular complexity index is 336. The highest BCUT2D eigenvalue weighted by atomic mass is 15.1. The van der Waals surface area contributed by atoms with Crippen molar-refractivity contribution in [2.75, 3.05) is 37.7 Å². The van der Waals surface area contributed by atoms with Crippen molar-refractivity contribution in [3.63, 3.8) is 0 Å². The number of hydrogen-bond donors (Lipinski definition) is 2. The molecule has 0 fully saturated rings. The van der Waals surface area contributed by atoms with Crippen molar-refractivity contribution in [2.45, 2.75) is 26.7 Å². The van der Waals surface area contributed by atoms with Crippen LogP contribution < -0.4 is 11.1 Å². The molecule has 0 bridgehead atoms. The second-order valence-corrected chi connectivity index (χ2v) is 4.66. The van der Waals surface area contributed by atoms with Gasteiger partial charge in [-0.05, 0) is 63.7 Å². The minimum Gasteiger partial charge on any atom is -0.399 e. The molecule has 0 atom stereocenters. The molecule has 3 nitrogen and oxygen atoms in total. The van der Waals surface area contributed by atoms with Crippen molar-refractivity contribution in [1.82, 2.24) is 4.90 Å². The number of nitrogens with one attached hydrogen (secondary N) is 1. The summed E-state index contributed by atoms with van der Waals surface area (Å²) in [6, 6.07) is 6.00. The van der Waals surface area contributed by atoms with Crippen LogP contribution in [0.3, 0.4) is 0 Å². The largest absolute Gasteiger partial charge is 0.399 e. The first-order chi connectivity index (χ1) is 8.13. The number of nitrogens with zero attached hydrogens (tertiary/aromatic N) is 1. The molecule has 0 aliphatic rings. The van der Waals surface area contributed by atoms with Crippen LogP contribution in [0.4, 0.5) is 11.4 Å². The SMILES string of the molecule is CCCN(C)CCCNc1ccc(N)cc1C. The van der Waals surface area contributed by atoms with E-state index >= 15 is 0 Å². The number of anilines is 2. The van der Waals surface area contributed by atoms with E-state index in [1.165, 1.54) is 30.6 Å². The average molecular weight is 235 g/mol. The molecule has 0 aliphatic heterocycles. The minimum absolute atomic E-state index is 0.829. The number of benzene rings is 1. The van der Waals surface area contributed by atoms with E-state index in [0.717, 1.165) is 18.8 Å². The van der Waals surface area contributed by atoms with Gasteiger partial charge in [-0.25, -0.2) is 0 Å². The highest BCUT2D eigenvalue weighted by Gasteiger charge is 1.99. The smallest absolute Gasteiger partial charge is 0.0371 e. The van der Waals surface area contributed by atoms with Gasteiger partial charge in [0.15, 0.2) is 0 Å². The Kier molecular flexibility index (Phi) is 5.84. The van der Waals surface area contributed by atoms with Crippen LogP contribution in [-0.2, 0) is 0 Å². The van der Waals surface area contributed by atoms with E-state index < -0.39 is 0 Å². The molecule has 0 unspecified atom stereocenters. The fourth-order valence-electron chi connectivity index (χ4n) is 1.95. The number of rotatable bonds is 7. The lowest BCUT2D eigenvalue weighted by atomic mass is 10.2. The number of aryl methyl sites for hydroxylation is 1. The van der Waals surface area contributed by atoms with Crippen LogP contribution in [0.25, 0.3) is 0 Å². The highest BCUT2D eigenvalue weighted by molar-refractivity contribution is 5.57. The van der Waals surface area contributed by atoms with Crippen molar-refractivity contribution >= 4 is 11.4 Å². The van der Waals surface area contributed by atoms with Gasteiger partial charge in [0, 0.05) is 17.9 Å². The zero-order chi connectivity index (χ0) is 12.7. The zero-order valence-corrected chi connectivity index (χ0v) is 11.3.